The zero-order valence-corrected chi connectivity index (χ0v) is 21.8. The molecule has 1 aliphatic carbocycles. The first kappa shape index (κ1) is 25.9. The Morgan fingerprint density at radius 1 is 1.12 bits per heavy atom. The van der Waals surface area contributed by atoms with Crippen LogP contribution in [0.5, 0.6) is 5.75 Å². The number of nitrogens with zero attached hydrogens (tertiary/aromatic N) is 1. The van der Waals surface area contributed by atoms with Gasteiger partial charge in [-0.2, -0.15) is 0 Å². The van der Waals surface area contributed by atoms with E-state index in [0.717, 1.165) is 35.7 Å². The highest BCUT2D eigenvalue weighted by atomic mass is 79.9. The van der Waals surface area contributed by atoms with Gasteiger partial charge >= 0.3 is 0 Å². The lowest BCUT2D eigenvalue weighted by molar-refractivity contribution is -0.143. The summed E-state index contributed by atoms with van der Waals surface area (Å²) in [5.74, 6) is 0.164. The molecule has 5 nitrogen and oxygen atoms in total. The topological polar surface area (TPSA) is 58.6 Å². The van der Waals surface area contributed by atoms with Crippen LogP contribution in [-0.2, 0) is 16.1 Å². The van der Waals surface area contributed by atoms with Crippen LogP contribution < -0.4 is 10.1 Å². The molecule has 1 atom stereocenters. The standard InChI is InChI=1S/C25H29BrCl2N2O3/c1-2-23(25(32)29-20-6-4-3-5-7-20)30(15-17-8-11-19(27)14-22(17)28)24(31)16-33-21-12-9-18(26)10-13-21/h8-14,20,23H,2-7,15-16H2,1H3,(H,29,32)/t23-/m0/s1. The maximum Gasteiger partial charge on any atom is 0.261 e. The number of carbonyl (C=O) groups excluding carboxylic acids is 2. The normalized spacial score (nSPS) is 15.0. The molecule has 3 rings (SSSR count). The molecule has 0 aromatic heterocycles. The third-order valence-corrected chi connectivity index (χ3v) is 6.98. The summed E-state index contributed by atoms with van der Waals surface area (Å²) in [6, 6.07) is 11.9. The lowest BCUT2D eigenvalue weighted by atomic mass is 9.95. The first-order valence-corrected chi connectivity index (χ1v) is 12.8. The van der Waals surface area contributed by atoms with Gasteiger partial charge in [-0.25, -0.2) is 0 Å². The van der Waals surface area contributed by atoms with Gasteiger partial charge in [-0.1, -0.05) is 71.4 Å². The molecule has 0 unspecified atom stereocenters. The van der Waals surface area contributed by atoms with Gasteiger partial charge in [0.05, 0.1) is 0 Å². The van der Waals surface area contributed by atoms with Gasteiger partial charge in [0.2, 0.25) is 5.91 Å². The summed E-state index contributed by atoms with van der Waals surface area (Å²) >= 11 is 15.8. The molecule has 0 bridgehead atoms. The van der Waals surface area contributed by atoms with Crippen LogP contribution in [0.3, 0.4) is 0 Å². The average molecular weight is 556 g/mol. The highest BCUT2D eigenvalue weighted by molar-refractivity contribution is 9.10. The second-order valence-electron chi connectivity index (χ2n) is 8.27. The number of nitrogens with one attached hydrogen (secondary N) is 1. The van der Waals surface area contributed by atoms with E-state index in [1.807, 2.05) is 19.1 Å². The Hall–Kier alpha value is -1.76. The number of hydrogen-bond acceptors (Lipinski definition) is 3. The van der Waals surface area contributed by atoms with E-state index in [1.165, 1.54) is 6.42 Å². The van der Waals surface area contributed by atoms with Crippen LogP contribution in [0.1, 0.15) is 51.0 Å². The maximum absolute atomic E-state index is 13.3. The third kappa shape index (κ3) is 7.62. The summed E-state index contributed by atoms with van der Waals surface area (Å²) in [4.78, 5) is 28.1. The molecule has 1 aliphatic rings. The summed E-state index contributed by atoms with van der Waals surface area (Å²) in [7, 11) is 0. The minimum absolute atomic E-state index is 0.133. The number of ether oxygens (including phenoxy) is 1. The highest BCUT2D eigenvalue weighted by Crippen LogP contribution is 2.25. The largest absolute Gasteiger partial charge is 0.484 e. The quantitative estimate of drug-likeness (QED) is 0.390. The number of benzene rings is 2. The van der Waals surface area contributed by atoms with Gasteiger partial charge in [0.25, 0.3) is 5.91 Å². The van der Waals surface area contributed by atoms with Crippen molar-refractivity contribution in [3.8, 4) is 5.75 Å². The minimum atomic E-state index is -0.625. The van der Waals surface area contributed by atoms with E-state index in [1.54, 1.807) is 35.2 Å². The molecule has 1 N–H and O–H groups in total. The lowest BCUT2D eigenvalue weighted by Crippen LogP contribution is -2.52. The van der Waals surface area contributed by atoms with Crippen LogP contribution >= 0.6 is 39.1 Å². The van der Waals surface area contributed by atoms with E-state index >= 15 is 0 Å². The van der Waals surface area contributed by atoms with Crippen molar-refractivity contribution in [1.29, 1.82) is 0 Å². The minimum Gasteiger partial charge on any atom is -0.484 e. The van der Waals surface area contributed by atoms with Crippen molar-refractivity contribution < 1.29 is 14.3 Å². The zero-order valence-electron chi connectivity index (χ0n) is 18.7. The van der Waals surface area contributed by atoms with Gasteiger partial charge in [-0.05, 0) is 61.2 Å². The smallest absolute Gasteiger partial charge is 0.261 e. The Labute approximate surface area is 213 Å². The Bertz CT molecular complexity index is 949. The molecule has 1 fully saturated rings. The van der Waals surface area contributed by atoms with Crippen LogP contribution in [0.2, 0.25) is 10.0 Å². The van der Waals surface area contributed by atoms with Crippen molar-refractivity contribution in [3.05, 3.63) is 62.5 Å². The second-order valence-corrected chi connectivity index (χ2v) is 10.0. The monoisotopic (exact) mass is 554 g/mol. The molecule has 0 heterocycles. The van der Waals surface area contributed by atoms with Crippen molar-refractivity contribution in [2.24, 2.45) is 0 Å². The summed E-state index contributed by atoms with van der Waals surface area (Å²) in [5.41, 5.74) is 0.724. The maximum atomic E-state index is 13.3. The molecule has 2 aromatic rings. The van der Waals surface area contributed by atoms with Crippen molar-refractivity contribution in [1.82, 2.24) is 10.2 Å². The van der Waals surface area contributed by atoms with E-state index in [9.17, 15) is 9.59 Å². The highest BCUT2D eigenvalue weighted by Gasteiger charge is 2.31. The molecular weight excluding hydrogens is 527 g/mol. The average Bonchev–Trinajstić information content (AvgIpc) is 2.80. The molecule has 1 saturated carbocycles. The van der Waals surface area contributed by atoms with Crippen molar-refractivity contribution >= 4 is 50.9 Å². The van der Waals surface area contributed by atoms with E-state index in [-0.39, 0.29) is 31.0 Å². The van der Waals surface area contributed by atoms with Gasteiger partial charge in [0.1, 0.15) is 11.8 Å². The molecule has 2 aromatic carbocycles. The summed E-state index contributed by atoms with van der Waals surface area (Å²) in [5, 5.41) is 4.13. The van der Waals surface area contributed by atoms with Gasteiger partial charge in [-0.3, -0.25) is 9.59 Å². The van der Waals surface area contributed by atoms with Gasteiger partial charge in [0, 0.05) is 27.1 Å². The molecule has 33 heavy (non-hydrogen) atoms. The molecule has 8 heteroatoms. The molecule has 2 amide bonds. The van der Waals surface area contributed by atoms with E-state index in [0.29, 0.717) is 22.2 Å². The van der Waals surface area contributed by atoms with E-state index in [4.69, 9.17) is 27.9 Å². The Morgan fingerprint density at radius 2 is 1.82 bits per heavy atom. The molecule has 0 radical (unpaired) electrons. The zero-order chi connectivity index (χ0) is 23.8. The van der Waals surface area contributed by atoms with Crippen LogP contribution in [0.4, 0.5) is 0 Å². The molecule has 0 spiro atoms. The summed E-state index contributed by atoms with van der Waals surface area (Å²) in [6.45, 7) is 1.92. The number of halogens is 3. The summed E-state index contributed by atoms with van der Waals surface area (Å²) < 4.78 is 6.64. The van der Waals surface area contributed by atoms with Crippen molar-refractivity contribution in [2.45, 2.75) is 64.1 Å². The van der Waals surface area contributed by atoms with Crippen LogP contribution in [-0.4, -0.2) is 35.4 Å². The van der Waals surface area contributed by atoms with E-state index < -0.39 is 6.04 Å². The van der Waals surface area contributed by atoms with Crippen molar-refractivity contribution in [2.75, 3.05) is 6.61 Å². The number of carbonyl (C=O) groups is 2. The Morgan fingerprint density at radius 3 is 2.45 bits per heavy atom. The lowest BCUT2D eigenvalue weighted by Gasteiger charge is -2.33. The predicted octanol–water partition coefficient (Wildman–Crippen LogP) is 6.39. The Balaban J connectivity index is 1.77. The fourth-order valence-electron chi connectivity index (χ4n) is 4.06. The molecule has 0 aliphatic heterocycles. The fraction of sp³-hybridized carbons (Fsp3) is 0.440. The van der Waals surface area contributed by atoms with Crippen LogP contribution in [0, 0.1) is 0 Å². The van der Waals surface area contributed by atoms with Gasteiger partial charge < -0.3 is 15.0 Å². The second kappa shape index (κ2) is 12.6. The van der Waals surface area contributed by atoms with Crippen LogP contribution in [0.15, 0.2) is 46.9 Å². The van der Waals surface area contributed by atoms with Gasteiger partial charge in [-0.15, -0.1) is 0 Å². The van der Waals surface area contributed by atoms with Crippen molar-refractivity contribution in [3.63, 3.8) is 0 Å². The number of hydrogen-bond donors (Lipinski definition) is 1. The SMILES string of the molecule is CC[C@@H](C(=O)NC1CCCCC1)N(Cc1ccc(Cl)cc1Cl)C(=O)COc1ccc(Br)cc1. The molecule has 178 valence electrons. The molecular formula is C25H29BrCl2N2O3. The summed E-state index contributed by atoms with van der Waals surface area (Å²) in [6.07, 6.45) is 5.87. The molecule has 0 saturated heterocycles. The predicted molar refractivity (Wildman–Crippen MR) is 136 cm³/mol. The number of amides is 2. The van der Waals surface area contributed by atoms with E-state index in [2.05, 4.69) is 21.2 Å². The third-order valence-electron chi connectivity index (χ3n) is 5.87. The van der Waals surface area contributed by atoms with Gasteiger partial charge in [0.15, 0.2) is 6.61 Å². The van der Waals surface area contributed by atoms with Crippen LogP contribution in [0.25, 0.3) is 0 Å². The first-order chi connectivity index (χ1) is 15.9. The Kier molecular flexibility index (Phi) is 9.90. The fourth-order valence-corrected chi connectivity index (χ4v) is 4.79. The first-order valence-electron chi connectivity index (χ1n) is 11.3. The number of rotatable bonds is 9.